The van der Waals surface area contributed by atoms with E-state index < -0.39 is 41.6 Å². The van der Waals surface area contributed by atoms with E-state index >= 15 is 0 Å². The van der Waals surface area contributed by atoms with Crippen LogP contribution in [0.25, 0.3) is 0 Å². The molecule has 16 heteroatoms. The van der Waals surface area contributed by atoms with Crippen LogP contribution in [0.5, 0.6) is 0 Å². The van der Waals surface area contributed by atoms with E-state index in [1.54, 1.807) is 0 Å². The molecule has 0 N–H and O–H groups in total. The number of alkyl halides is 13. The van der Waals surface area contributed by atoms with Gasteiger partial charge < -0.3 is 0 Å². The molecule has 25 heavy (non-hydrogen) atoms. The van der Waals surface area contributed by atoms with E-state index in [0.717, 1.165) is 0 Å². The lowest BCUT2D eigenvalue weighted by atomic mass is 9.93. The molecule has 0 atom stereocenters. The van der Waals surface area contributed by atoms with E-state index in [1.165, 1.54) is 0 Å². The maximum atomic E-state index is 13.4. The van der Waals surface area contributed by atoms with Gasteiger partial charge in [-0.1, -0.05) is 0 Å². The lowest BCUT2D eigenvalue weighted by molar-refractivity contribution is -0.442. The van der Waals surface area contributed by atoms with Crippen LogP contribution in [0.4, 0.5) is 57.1 Å². The standard InChI is InChI=1S/C9H2F13N3/c10-4(11,3-24-1-23-2-25-3)5(12,13)6(14,15)7(16,17)8(18,19)9(20,21)22/h1-2H. The van der Waals surface area contributed by atoms with Gasteiger partial charge in [0, 0.05) is 0 Å². The van der Waals surface area contributed by atoms with Gasteiger partial charge in [0.1, 0.15) is 12.7 Å². The molecule has 0 aliphatic carbocycles. The van der Waals surface area contributed by atoms with Crippen LogP contribution in [0.2, 0.25) is 0 Å². The first-order valence-corrected chi connectivity index (χ1v) is 5.44. The molecule has 1 aromatic heterocycles. The van der Waals surface area contributed by atoms with Gasteiger partial charge in [-0.05, 0) is 0 Å². The highest BCUT2D eigenvalue weighted by molar-refractivity contribution is 5.14. The van der Waals surface area contributed by atoms with Crippen molar-refractivity contribution < 1.29 is 57.1 Å². The summed E-state index contributed by atoms with van der Waals surface area (Å²) in [6.07, 6.45) is -7.38. The zero-order valence-electron chi connectivity index (χ0n) is 10.9. The van der Waals surface area contributed by atoms with Crippen LogP contribution in [0, 0.1) is 0 Å². The lowest BCUT2D eigenvalue weighted by Crippen LogP contribution is -2.69. The third-order valence-corrected chi connectivity index (χ3v) is 2.71. The summed E-state index contributed by atoms with van der Waals surface area (Å²) in [7, 11) is 0. The van der Waals surface area contributed by atoms with Crippen LogP contribution in [-0.2, 0) is 5.92 Å². The Morgan fingerprint density at radius 1 is 0.520 bits per heavy atom. The van der Waals surface area contributed by atoms with Gasteiger partial charge in [-0.15, -0.1) is 0 Å². The molecular weight excluding hydrogens is 397 g/mol. The maximum absolute atomic E-state index is 13.4. The molecule has 0 spiro atoms. The second-order valence-electron chi connectivity index (χ2n) is 4.33. The Hall–Kier alpha value is -1.90. The Balaban J connectivity index is 3.54. The van der Waals surface area contributed by atoms with Gasteiger partial charge in [-0.25, -0.2) is 15.0 Å². The SMILES string of the molecule is FC(F)(F)C(F)(F)C(F)(F)C(F)(F)C(F)(F)C(F)(F)c1ncncn1. The second-order valence-corrected chi connectivity index (χ2v) is 4.33. The van der Waals surface area contributed by atoms with Crippen molar-refractivity contribution in [3.8, 4) is 0 Å². The van der Waals surface area contributed by atoms with Gasteiger partial charge in [-0.3, -0.25) is 0 Å². The fraction of sp³-hybridized carbons (Fsp3) is 0.667. The molecule has 0 aliphatic heterocycles. The Morgan fingerprint density at radius 3 is 1.24 bits per heavy atom. The fourth-order valence-electron chi connectivity index (χ4n) is 1.31. The summed E-state index contributed by atoms with van der Waals surface area (Å²) in [6.45, 7) is 0. The zero-order chi connectivity index (χ0) is 20.1. The number of halogens is 13. The molecule has 0 radical (unpaired) electrons. The minimum Gasteiger partial charge on any atom is -0.225 e. The minimum absolute atomic E-state index is 0.0347. The number of hydrogen-bond acceptors (Lipinski definition) is 3. The maximum Gasteiger partial charge on any atom is 0.460 e. The van der Waals surface area contributed by atoms with E-state index in [-0.39, 0.29) is 12.7 Å². The van der Waals surface area contributed by atoms with Crippen molar-refractivity contribution in [1.82, 2.24) is 15.0 Å². The smallest absolute Gasteiger partial charge is 0.225 e. The van der Waals surface area contributed by atoms with Crippen LogP contribution in [-0.4, -0.2) is 44.8 Å². The molecule has 0 fully saturated rings. The third kappa shape index (κ3) is 2.74. The fourth-order valence-corrected chi connectivity index (χ4v) is 1.31. The first-order chi connectivity index (χ1) is 10.9. The van der Waals surface area contributed by atoms with Crippen molar-refractivity contribution >= 4 is 0 Å². The Bertz CT molecular complexity index is 609. The topological polar surface area (TPSA) is 38.7 Å². The summed E-state index contributed by atoms with van der Waals surface area (Å²) in [5.41, 5.74) is 0. The average molecular weight is 399 g/mol. The molecule has 0 amide bonds. The molecule has 0 bridgehead atoms. The number of nitrogens with zero attached hydrogens (tertiary/aromatic N) is 3. The molecule has 0 unspecified atom stereocenters. The molecular formula is C9H2F13N3. The average Bonchev–Trinajstić information content (AvgIpc) is 2.46. The van der Waals surface area contributed by atoms with Gasteiger partial charge in [0.2, 0.25) is 5.82 Å². The summed E-state index contributed by atoms with van der Waals surface area (Å²) in [4.78, 5) is 7.38. The highest BCUT2D eigenvalue weighted by Crippen LogP contribution is 2.61. The molecule has 144 valence electrons. The number of aromatic nitrogens is 3. The van der Waals surface area contributed by atoms with Crippen LogP contribution in [0.3, 0.4) is 0 Å². The first-order valence-electron chi connectivity index (χ1n) is 5.44. The van der Waals surface area contributed by atoms with E-state index in [1.807, 2.05) is 0 Å². The van der Waals surface area contributed by atoms with Crippen molar-refractivity contribution in [1.29, 1.82) is 0 Å². The predicted octanol–water partition coefficient (Wildman–Crippen LogP) is 4.07. The highest BCUT2D eigenvalue weighted by atomic mass is 19.4. The Kier molecular flexibility index (Phi) is 4.69. The van der Waals surface area contributed by atoms with E-state index in [4.69, 9.17) is 0 Å². The molecule has 0 saturated carbocycles. The van der Waals surface area contributed by atoms with Gasteiger partial charge in [0.15, 0.2) is 0 Å². The number of rotatable bonds is 5. The molecule has 0 aromatic carbocycles. The van der Waals surface area contributed by atoms with Crippen molar-refractivity contribution in [3.63, 3.8) is 0 Å². The van der Waals surface area contributed by atoms with Gasteiger partial charge >= 0.3 is 35.8 Å². The summed E-state index contributed by atoms with van der Waals surface area (Å²) in [6, 6.07) is 0. The molecule has 1 heterocycles. The summed E-state index contributed by atoms with van der Waals surface area (Å²) < 4.78 is 166. The third-order valence-electron chi connectivity index (χ3n) is 2.71. The largest absolute Gasteiger partial charge is 0.460 e. The van der Waals surface area contributed by atoms with Crippen molar-refractivity contribution in [2.24, 2.45) is 0 Å². The Morgan fingerprint density at radius 2 is 0.880 bits per heavy atom. The van der Waals surface area contributed by atoms with Crippen molar-refractivity contribution in [2.75, 3.05) is 0 Å². The van der Waals surface area contributed by atoms with Crippen LogP contribution < -0.4 is 0 Å². The molecule has 1 aromatic rings. The van der Waals surface area contributed by atoms with Gasteiger partial charge in [0.25, 0.3) is 0 Å². The van der Waals surface area contributed by atoms with Crippen molar-refractivity contribution in [2.45, 2.75) is 35.8 Å². The predicted molar refractivity (Wildman–Crippen MR) is 49.6 cm³/mol. The van der Waals surface area contributed by atoms with Crippen LogP contribution in [0.1, 0.15) is 5.82 Å². The highest BCUT2D eigenvalue weighted by Gasteiger charge is 2.91. The van der Waals surface area contributed by atoms with Gasteiger partial charge in [0.05, 0.1) is 0 Å². The molecule has 1 rings (SSSR count). The van der Waals surface area contributed by atoms with Crippen molar-refractivity contribution in [3.05, 3.63) is 18.5 Å². The van der Waals surface area contributed by atoms with Crippen LogP contribution >= 0.6 is 0 Å². The molecule has 3 nitrogen and oxygen atoms in total. The molecule has 0 aliphatic rings. The normalized spacial score (nSPS) is 15.4. The molecule has 0 saturated heterocycles. The van der Waals surface area contributed by atoms with E-state index in [0.29, 0.717) is 0 Å². The van der Waals surface area contributed by atoms with Crippen LogP contribution in [0.15, 0.2) is 12.7 Å². The summed E-state index contributed by atoms with van der Waals surface area (Å²) in [5, 5.41) is 0. The number of hydrogen-bond donors (Lipinski definition) is 0. The quantitative estimate of drug-likeness (QED) is 0.701. The summed E-state index contributed by atoms with van der Waals surface area (Å²) in [5.74, 6) is -40.0. The second kappa shape index (κ2) is 5.55. The van der Waals surface area contributed by atoms with E-state index in [2.05, 4.69) is 15.0 Å². The summed E-state index contributed by atoms with van der Waals surface area (Å²) >= 11 is 0. The minimum atomic E-state index is -7.95. The first kappa shape index (κ1) is 21.1. The lowest BCUT2D eigenvalue weighted by Gasteiger charge is -2.39. The van der Waals surface area contributed by atoms with Gasteiger partial charge in [-0.2, -0.15) is 57.1 Å². The monoisotopic (exact) mass is 399 g/mol. The van der Waals surface area contributed by atoms with E-state index in [9.17, 15) is 57.1 Å². The zero-order valence-corrected chi connectivity index (χ0v) is 10.9. The Labute approximate surface area is 127 Å².